The van der Waals surface area contributed by atoms with Crippen LogP contribution in [0.15, 0.2) is 103 Å². The molecular weight excluding hydrogens is 468 g/mol. The van der Waals surface area contributed by atoms with Crippen LogP contribution in [0.4, 0.5) is 10.5 Å². The minimum absolute atomic E-state index is 0.232. The van der Waals surface area contributed by atoms with Gasteiger partial charge in [0.15, 0.2) is 0 Å². The summed E-state index contributed by atoms with van der Waals surface area (Å²) in [6, 6.07) is 11.1. The Bertz CT molecular complexity index is 1220. The van der Waals surface area contributed by atoms with Crippen LogP contribution in [0.1, 0.15) is 15.2 Å². The SMILES string of the molecule is O=C(NCC1CN(c2ccc(C3=CC=CC=CC=CC=CC=C3)cc2)C(=O)O1)c1ccc(Cl)s1. The Hall–Kier alpha value is -3.61. The van der Waals surface area contributed by atoms with Gasteiger partial charge in [0.2, 0.25) is 0 Å². The second-order valence-electron chi connectivity index (χ2n) is 7.50. The molecule has 1 aromatic carbocycles. The minimum Gasteiger partial charge on any atom is -0.442 e. The molecule has 1 atom stereocenters. The summed E-state index contributed by atoms with van der Waals surface area (Å²) in [5.41, 5.74) is 2.82. The number of nitrogens with one attached hydrogen (secondary N) is 1. The third-order valence-corrected chi connectivity index (χ3v) is 6.34. The molecule has 4 rings (SSSR count). The van der Waals surface area contributed by atoms with E-state index in [1.54, 1.807) is 17.0 Å². The molecule has 0 saturated carbocycles. The van der Waals surface area contributed by atoms with E-state index in [2.05, 4.69) is 5.32 Å². The van der Waals surface area contributed by atoms with Gasteiger partial charge in [0, 0.05) is 5.69 Å². The molecule has 1 aromatic heterocycles. The van der Waals surface area contributed by atoms with Crippen LogP contribution in [0.2, 0.25) is 4.34 Å². The van der Waals surface area contributed by atoms with Crippen LogP contribution >= 0.6 is 22.9 Å². The van der Waals surface area contributed by atoms with Crippen molar-refractivity contribution in [2.45, 2.75) is 6.10 Å². The number of hydrogen-bond donors (Lipinski definition) is 1. The number of nitrogens with zero attached hydrogens (tertiary/aromatic N) is 1. The summed E-state index contributed by atoms with van der Waals surface area (Å²) in [6.45, 7) is 0.593. The van der Waals surface area contributed by atoms with Crippen LogP contribution in [-0.2, 0) is 4.74 Å². The molecule has 0 bridgehead atoms. The first-order valence-corrected chi connectivity index (χ1v) is 12.0. The summed E-state index contributed by atoms with van der Waals surface area (Å²) in [7, 11) is 0. The van der Waals surface area contributed by atoms with Crippen LogP contribution in [0.25, 0.3) is 5.57 Å². The van der Waals surface area contributed by atoms with Gasteiger partial charge >= 0.3 is 6.09 Å². The summed E-state index contributed by atoms with van der Waals surface area (Å²) in [5, 5.41) is 2.80. The molecule has 1 saturated heterocycles. The van der Waals surface area contributed by atoms with Crippen LogP contribution in [0.3, 0.4) is 0 Å². The van der Waals surface area contributed by atoms with Gasteiger partial charge in [-0.2, -0.15) is 0 Å². The smallest absolute Gasteiger partial charge is 0.414 e. The highest BCUT2D eigenvalue weighted by molar-refractivity contribution is 7.18. The fraction of sp³-hybridized carbons (Fsp3) is 0.111. The van der Waals surface area contributed by atoms with Gasteiger partial charge < -0.3 is 10.1 Å². The molecule has 1 aliphatic heterocycles. The lowest BCUT2D eigenvalue weighted by Crippen LogP contribution is -2.34. The fourth-order valence-corrected chi connectivity index (χ4v) is 4.38. The van der Waals surface area contributed by atoms with E-state index < -0.39 is 12.2 Å². The molecule has 1 fully saturated rings. The number of rotatable bonds is 5. The molecule has 34 heavy (non-hydrogen) atoms. The maximum atomic E-state index is 12.4. The Morgan fingerprint density at radius 2 is 1.65 bits per heavy atom. The number of cyclic esters (lactones) is 1. The fourth-order valence-electron chi connectivity index (χ4n) is 3.42. The van der Waals surface area contributed by atoms with Gasteiger partial charge in [0.05, 0.1) is 22.3 Å². The summed E-state index contributed by atoms with van der Waals surface area (Å²) in [4.78, 5) is 26.7. The predicted octanol–water partition coefficient (Wildman–Crippen LogP) is 6.33. The van der Waals surface area contributed by atoms with Crippen LogP contribution in [0, 0.1) is 0 Å². The van der Waals surface area contributed by atoms with Crippen molar-refractivity contribution >= 4 is 46.2 Å². The summed E-state index contributed by atoms with van der Waals surface area (Å²) < 4.78 is 6.00. The summed E-state index contributed by atoms with van der Waals surface area (Å²) in [6.07, 6.45) is 21.0. The van der Waals surface area contributed by atoms with Crippen LogP contribution < -0.4 is 10.2 Å². The first-order valence-electron chi connectivity index (χ1n) is 10.8. The molecule has 2 amide bonds. The molecule has 7 heteroatoms. The lowest BCUT2D eigenvalue weighted by molar-refractivity contribution is 0.0920. The minimum atomic E-state index is -0.428. The van der Waals surface area contributed by atoms with Gasteiger partial charge in [0.1, 0.15) is 6.10 Å². The van der Waals surface area contributed by atoms with Crippen molar-refractivity contribution in [1.82, 2.24) is 5.32 Å². The Balaban J connectivity index is 1.40. The quantitative estimate of drug-likeness (QED) is 0.532. The molecular formula is C27H23ClN2O3S. The zero-order chi connectivity index (χ0) is 23.8. The molecule has 0 spiro atoms. The molecule has 5 nitrogen and oxygen atoms in total. The van der Waals surface area contributed by atoms with Gasteiger partial charge in [-0.3, -0.25) is 9.69 Å². The monoisotopic (exact) mass is 490 g/mol. The highest BCUT2D eigenvalue weighted by Crippen LogP contribution is 2.25. The first-order chi connectivity index (χ1) is 16.6. The summed E-state index contributed by atoms with van der Waals surface area (Å²) >= 11 is 7.09. The van der Waals surface area contributed by atoms with Gasteiger partial charge in [-0.15, -0.1) is 11.3 Å². The van der Waals surface area contributed by atoms with E-state index in [4.69, 9.17) is 16.3 Å². The van der Waals surface area contributed by atoms with E-state index in [1.807, 2.05) is 91.1 Å². The lowest BCUT2D eigenvalue weighted by atomic mass is 10.0. The van der Waals surface area contributed by atoms with Crippen LogP contribution in [0.5, 0.6) is 0 Å². The van der Waals surface area contributed by atoms with Crippen molar-refractivity contribution in [3.05, 3.63) is 118 Å². The number of benzene rings is 1. The van der Waals surface area contributed by atoms with Crippen molar-refractivity contribution in [2.75, 3.05) is 18.0 Å². The number of carbonyl (C=O) groups excluding carboxylic acids is 2. The highest BCUT2D eigenvalue weighted by Gasteiger charge is 2.32. The maximum Gasteiger partial charge on any atom is 0.414 e. The largest absolute Gasteiger partial charge is 0.442 e. The van der Waals surface area contributed by atoms with Crippen LogP contribution in [-0.4, -0.2) is 31.2 Å². The van der Waals surface area contributed by atoms with Gasteiger partial charge in [0.25, 0.3) is 5.91 Å². The number of ether oxygens (including phenoxy) is 1. The van der Waals surface area contributed by atoms with E-state index in [-0.39, 0.29) is 12.5 Å². The van der Waals surface area contributed by atoms with Crippen molar-refractivity contribution in [3.63, 3.8) is 0 Å². The predicted molar refractivity (Wildman–Crippen MR) is 139 cm³/mol. The highest BCUT2D eigenvalue weighted by atomic mass is 35.5. The van der Waals surface area contributed by atoms with Crippen molar-refractivity contribution in [1.29, 1.82) is 0 Å². The number of amides is 2. The van der Waals surface area contributed by atoms with E-state index in [1.165, 1.54) is 11.3 Å². The third-order valence-electron chi connectivity index (χ3n) is 5.11. The molecule has 1 aliphatic carbocycles. The van der Waals surface area contributed by atoms with E-state index in [0.29, 0.717) is 15.8 Å². The van der Waals surface area contributed by atoms with E-state index in [9.17, 15) is 9.59 Å². The molecule has 2 aliphatic rings. The zero-order valence-corrected chi connectivity index (χ0v) is 19.8. The molecule has 1 unspecified atom stereocenters. The molecule has 2 aromatic rings. The zero-order valence-electron chi connectivity index (χ0n) is 18.3. The van der Waals surface area contributed by atoms with Crippen molar-refractivity contribution < 1.29 is 14.3 Å². The standard InChI is InChI=1S/C27H23ClN2O3S/c28-25-17-16-24(34-25)26(31)29-18-23-19-30(27(32)33-23)22-14-12-21(13-15-22)20-10-8-6-4-2-1-3-5-7-9-11-20/h1-17,23H,18-19H2,(H,29,31). The number of carbonyl (C=O) groups is 2. The molecule has 1 N–H and O–H groups in total. The number of anilines is 1. The Morgan fingerprint density at radius 1 is 0.971 bits per heavy atom. The Kier molecular flexibility index (Phi) is 7.96. The number of hydrogen-bond acceptors (Lipinski definition) is 4. The average Bonchev–Trinajstić information content (AvgIpc) is 3.43. The molecule has 0 radical (unpaired) electrons. The van der Waals surface area contributed by atoms with E-state index >= 15 is 0 Å². The Morgan fingerprint density at radius 3 is 2.32 bits per heavy atom. The second-order valence-corrected chi connectivity index (χ2v) is 9.21. The molecule has 2 heterocycles. The Labute approximate surface area is 207 Å². The molecule has 172 valence electrons. The van der Waals surface area contributed by atoms with E-state index in [0.717, 1.165) is 16.8 Å². The van der Waals surface area contributed by atoms with Crippen molar-refractivity contribution in [2.24, 2.45) is 0 Å². The number of halogens is 1. The summed E-state index contributed by atoms with van der Waals surface area (Å²) in [5.74, 6) is -0.232. The second kappa shape index (κ2) is 11.5. The lowest BCUT2D eigenvalue weighted by Gasteiger charge is -2.14. The maximum absolute atomic E-state index is 12.4. The first kappa shape index (κ1) is 23.5. The van der Waals surface area contributed by atoms with Gasteiger partial charge in [-0.1, -0.05) is 90.6 Å². The number of thiophene rings is 1. The normalized spacial score (nSPS) is 17.8. The topological polar surface area (TPSA) is 58.6 Å². The van der Waals surface area contributed by atoms with Gasteiger partial charge in [-0.05, 0) is 35.4 Å². The van der Waals surface area contributed by atoms with Gasteiger partial charge in [-0.25, -0.2) is 4.79 Å². The average molecular weight is 491 g/mol. The third kappa shape index (κ3) is 6.25. The van der Waals surface area contributed by atoms with Crippen molar-refractivity contribution in [3.8, 4) is 0 Å². The number of allylic oxidation sites excluding steroid dienone is 12.